The fraction of sp³-hybridized carbons (Fsp3) is 0.500. The third-order valence-electron chi connectivity index (χ3n) is 4.71. The smallest absolute Gasteiger partial charge is 0.408 e. The first-order chi connectivity index (χ1) is 15.6. The van der Waals surface area contributed by atoms with Crippen LogP contribution in [0, 0.1) is 11.8 Å². The van der Waals surface area contributed by atoms with Crippen molar-refractivity contribution in [1.29, 1.82) is 0 Å². The van der Waals surface area contributed by atoms with Gasteiger partial charge in [0.1, 0.15) is 18.7 Å². The third-order valence-corrected chi connectivity index (χ3v) is 4.71. The van der Waals surface area contributed by atoms with E-state index in [4.69, 9.17) is 4.74 Å². The molecule has 0 aliphatic rings. The Balaban J connectivity index is 2.97. The minimum Gasteiger partial charge on any atom is -0.469 e. The Morgan fingerprint density at radius 1 is 0.818 bits per heavy atom. The van der Waals surface area contributed by atoms with Gasteiger partial charge in [-0.2, -0.15) is 0 Å². The molecule has 0 fully saturated rings. The molecule has 0 aromatic heterocycles. The lowest BCUT2D eigenvalue weighted by Gasteiger charge is -2.27. The molecule has 0 heterocycles. The number of hydrogen-bond donors (Lipinski definition) is 2. The first kappa shape index (κ1) is 27.4. The Hall–Kier alpha value is -3.63. The zero-order valence-electron chi connectivity index (χ0n) is 19.3. The van der Waals surface area contributed by atoms with Crippen molar-refractivity contribution >= 4 is 29.9 Å². The maximum Gasteiger partial charge on any atom is 0.408 e. The Kier molecular flexibility index (Phi) is 11.4. The molecule has 0 saturated heterocycles. The van der Waals surface area contributed by atoms with E-state index in [0.717, 1.165) is 26.9 Å². The number of nitrogens with one attached hydrogen (secondary N) is 2. The molecule has 1 aromatic carbocycles. The molecule has 2 N–H and O–H groups in total. The predicted molar refractivity (Wildman–Crippen MR) is 114 cm³/mol. The largest absolute Gasteiger partial charge is 0.469 e. The van der Waals surface area contributed by atoms with Crippen molar-refractivity contribution in [1.82, 2.24) is 10.6 Å². The number of carbonyl (C=O) groups excluding carboxylic acids is 5. The van der Waals surface area contributed by atoms with Crippen molar-refractivity contribution in [2.24, 2.45) is 11.8 Å². The van der Waals surface area contributed by atoms with Gasteiger partial charge in [-0.05, 0) is 11.5 Å². The molecule has 33 heavy (non-hydrogen) atoms. The molecule has 0 aliphatic carbocycles. The summed E-state index contributed by atoms with van der Waals surface area (Å²) in [5.74, 6) is -5.29. The summed E-state index contributed by atoms with van der Waals surface area (Å²) >= 11 is 0. The fourth-order valence-corrected chi connectivity index (χ4v) is 2.87. The van der Waals surface area contributed by atoms with Gasteiger partial charge in [0.05, 0.1) is 33.7 Å². The maximum atomic E-state index is 12.9. The number of hydrogen-bond acceptors (Lipinski definition) is 9. The standard InChI is InChI=1S/C22H30N2O9/c1-13(2)17(24-22(29)33-12-14-9-7-6-8-10-14)19(26)23-18(21(28)32-5)15(20(27)31-4)11-16(25)30-3/h6-10,13,15,17-18H,11-12H2,1-5H3,(H,23,26)(H,24,29)/t15-,17-,18+/m1/s1. The van der Waals surface area contributed by atoms with E-state index in [0.29, 0.717) is 0 Å². The molecular weight excluding hydrogens is 436 g/mol. The minimum atomic E-state index is -1.56. The SMILES string of the molecule is COC(=O)C[C@@H](C(=O)OC)[C@H](NC(=O)[C@H](NC(=O)OCc1ccccc1)C(C)C)C(=O)OC. The van der Waals surface area contributed by atoms with E-state index in [2.05, 4.69) is 24.8 Å². The Bertz CT molecular complexity index is 826. The summed E-state index contributed by atoms with van der Waals surface area (Å²) in [6.45, 7) is 3.33. The van der Waals surface area contributed by atoms with Crippen LogP contribution in [0.4, 0.5) is 4.79 Å². The second kappa shape index (κ2) is 13.7. The van der Waals surface area contributed by atoms with E-state index in [1.54, 1.807) is 38.1 Å². The maximum absolute atomic E-state index is 12.9. The van der Waals surface area contributed by atoms with E-state index in [9.17, 15) is 24.0 Å². The highest BCUT2D eigenvalue weighted by Gasteiger charge is 2.40. The zero-order valence-corrected chi connectivity index (χ0v) is 19.3. The summed E-state index contributed by atoms with van der Waals surface area (Å²) < 4.78 is 19.1. The van der Waals surface area contributed by atoms with E-state index < -0.39 is 60.2 Å². The summed E-state index contributed by atoms with van der Waals surface area (Å²) in [6.07, 6.45) is -1.39. The number of ether oxygens (including phenoxy) is 4. The molecule has 0 spiro atoms. The van der Waals surface area contributed by atoms with E-state index in [-0.39, 0.29) is 6.61 Å². The van der Waals surface area contributed by atoms with E-state index in [1.165, 1.54) is 0 Å². The highest BCUT2D eigenvalue weighted by atomic mass is 16.6. The van der Waals surface area contributed by atoms with Crippen LogP contribution in [-0.4, -0.2) is 63.3 Å². The van der Waals surface area contributed by atoms with Crippen molar-refractivity contribution in [3.05, 3.63) is 35.9 Å². The van der Waals surface area contributed by atoms with Gasteiger partial charge in [-0.25, -0.2) is 9.59 Å². The van der Waals surface area contributed by atoms with Crippen LogP contribution in [-0.2, 0) is 44.7 Å². The first-order valence-corrected chi connectivity index (χ1v) is 10.1. The summed E-state index contributed by atoms with van der Waals surface area (Å²) in [4.78, 5) is 61.5. The van der Waals surface area contributed by atoms with Gasteiger partial charge in [0, 0.05) is 0 Å². The molecule has 0 saturated carbocycles. The molecule has 0 unspecified atom stereocenters. The normalized spacial score (nSPS) is 13.2. The monoisotopic (exact) mass is 466 g/mol. The molecule has 11 heteroatoms. The molecular formula is C22H30N2O9. The lowest BCUT2D eigenvalue weighted by atomic mass is 9.94. The molecule has 3 atom stereocenters. The molecule has 0 bridgehead atoms. The van der Waals surface area contributed by atoms with Crippen LogP contribution in [0.15, 0.2) is 30.3 Å². The molecule has 182 valence electrons. The number of benzene rings is 1. The quantitative estimate of drug-likeness (QED) is 0.359. The highest BCUT2D eigenvalue weighted by Crippen LogP contribution is 2.15. The highest BCUT2D eigenvalue weighted by molar-refractivity contribution is 5.93. The molecule has 2 amide bonds. The number of alkyl carbamates (subject to hydrolysis) is 1. The lowest BCUT2D eigenvalue weighted by Crippen LogP contribution is -2.57. The van der Waals surface area contributed by atoms with Crippen molar-refractivity contribution in [2.45, 2.75) is 39.0 Å². The minimum absolute atomic E-state index is 0.00651. The number of rotatable bonds is 11. The van der Waals surface area contributed by atoms with E-state index in [1.807, 2.05) is 6.07 Å². The van der Waals surface area contributed by atoms with Gasteiger partial charge in [0.15, 0.2) is 0 Å². The average molecular weight is 466 g/mol. The number of amides is 2. The Morgan fingerprint density at radius 3 is 1.94 bits per heavy atom. The average Bonchev–Trinajstić information content (AvgIpc) is 2.82. The predicted octanol–water partition coefficient (Wildman–Crippen LogP) is 0.948. The topological polar surface area (TPSA) is 146 Å². The third kappa shape index (κ3) is 8.79. The van der Waals surface area contributed by atoms with Gasteiger partial charge >= 0.3 is 24.0 Å². The van der Waals surface area contributed by atoms with Gasteiger partial charge in [0.25, 0.3) is 0 Å². The second-order valence-corrected chi connectivity index (χ2v) is 7.35. The summed E-state index contributed by atoms with van der Waals surface area (Å²) in [5.41, 5.74) is 0.757. The lowest BCUT2D eigenvalue weighted by molar-refractivity contribution is -0.159. The molecule has 0 aliphatic heterocycles. The first-order valence-electron chi connectivity index (χ1n) is 10.1. The van der Waals surface area contributed by atoms with Crippen molar-refractivity contribution < 1.29 is 42.9 Å². The number of esters is 3. The van der Waals surface area contributed by atoms with Crippen LogP contribution in [0.25, 0.3) is 0 Å². The van der Waals surface area contributed by atoms with Crippen LogP contribution in [0.3, 0.4) is 0 Å². The summed E-state index contributed by atoms with van der Waals surface area (Å²) in [7, 11) is 3.25. The van der Waals surface area contributed by atoms with Crippen molar-refractivity contribution in [3.8, 4) is 0 Å². The van der Waals surface area contributed by atoms with Gasteiger partial charge in [-0.3, -0.25) is 14.4 Å². The molecule has 11 nitrogen and oxygen atoms in total. The molecule has 0 radical (unpaired) electrons. The van der Waals surface area contributed by atoms with Crippen LogP contribution in [0.2, 0.25) is 0 Å². The molecule has 1 rings (SSSR count). The summed E-state index contributed by atoms with van der Waals surface area (Å²) in [5, 5.41) is 4.83. The van der Waals surface area contributed by atoms with Gasteiger partial charge in [-0.1, -0.05) is 44.2 Å². The van der Waals surface area contributed by atoms with Crippen LogP contribution in [0.1, 0.15) is 25.8 Å². The fourth-order valence-electron chi connectivity index (χ4n) is 2.87. The van der Waals surface area contributed by atoms with Crippen molar-refractivity contribution in [2.75, 3.05) is 21.3 Å². The summed E-state index contributed by atoms with van der Waals surface area (Å²) in [6, 6.07) is 6.28. The number of carbonyl (C=O) groups is 5. The van der Waals surface area contributed by atoms with Gasteiger partial charge in [0.2, 0.25) is 5.91 Å². The van der Waals surface area contributed by atoms with Gasteiger partial charge in [-0.15, -0.1) is 0 Å². The van der Waals surface area contributed by atoms with Crippen molar-refractivity contribution in [3.63, 3.8) is 0 Å². The number of methoxy groups -OCH3 is 3. The molecule has 1 aromatic rings. The zero-order chi connectivity index (χ0) is 25.0. The second-order valence-electron chi connectivity index (χ2n) is 7.35. The van der Waals surface area contributed by atoms with E-state index >= 15 is 0 Å². The van der Waals surface area contributed by atoms with Crippen LogP contribution >= 0.6 is 0 Å². The van der Waals surface area contributed by atoms with Gasteiger partial charge < -0.3 is 29.6 Å². The van der Waals surface area contributed by atoms with Crippen LogP contribution < -0.4 is 10.6 Å². The van der Waals surface area contributed by atoms with Crippen LogP contribution in [0.5, 0.6) is 0 Å². The Labute approximate surface area is 192 Å². The Morgan fingerprint density at radius 2 is 1.42 bits per heavy atom.